The number of hydrogen-bond acceptors (Lipinski definition) is 2. The van der Waals surface area contributed by atoms with Gasteiger partial charge in [0.1, 0.15) is 5.75 Å². The fourth-order valence-corrected chi connectivity index (χ4v) is 2.21. The summed E-state index contributed by atoms with van der Waals surface area (Å²) in [5.74, 6) is 0.700. The molecule has 0 aromatic heterocycles. The van der Waals surface area contributed by atoms with Crippen LogP contribution < -0.4 is 4.74 Å². The summed E-state index contributed by atoms with van der Waals surface area (Å²) in [5.41, 5.74) is 2.98. The Balaban J connectivity index is 2.44. The molecule has 0 spiro atoms. The van der Waals surface area contributed by atoms with Crippen LogP contribution in [0.2, 0.25) is 5.02 Å². The number of rotatable bonds is 3. The molecule has 2 aromatic rings. The minimum absolute atomic E-state index is 0.0700. The first-order valence-corrected chi connectivity index (χ1v) is 6.37. The maximum atomic E-state index is 12.4. The minimum Gasteiger partial charge on any atom is -0.496 e. The lowest BCUT2D eigenvalue weighted by Crippen LogP contribution is -2.03. The Kier molecular flexibility index (Phi) is 3.91. The van der Waals surface area contributed by atoms with Gasteiger partial charge in [0.15, 0.2) is 5.78 Å². The van der Waals surface area contributed by atoms with Crippen LogP contribution in [-0.4, -0.2) is 12.9 Å². The van der Waals surface area contributed by atoms with Crippen molar-refractivity contribution in [1.82, 2.24) is 0 Å². The summed E-state index contributed by atoms with van der Waals surface area (Å²) in [4.78, 5) is 12.4. The zero-order chi connectivity index (χ0) is 14.0. The number of benzene rings is 2. The van der Waals surface area contributed by atoms with Gasteiger partial charge in [-0.3, -0.25) is 4.79 Å². The lowest BCUT2D eigenvalue weighted by molar-refractivity contribution is 0.103. The zero-order valence-corrected chi connectivity index (χ0v) is 11.9. The second-order valence-corrected chi connectivity index (χ2v) is 4.83. The highest BCUT2D eigenvalue weighted by Gasteiger charge is 2.14. The molecule has 0 N–H and O–H groups in total. The SMILES string of the molecule is COc1ccc(C(=O)c2cccc(C)c2Cl)cc1C. The van der Waals surface area contributed by atoms with Crippen molar-refractivity contribution in [1.29, 1.82) is 0 Å². The summed E-state index contributed by atoms with van der Waals surface area (Å²) < 4.78 is 5.19. The molecule has 0 bridgehead atoms. The summed E-state index contributed by atoms with van der Waals surface area (Å²) in [6.45, 7) is 3.80. The molecule has 19 heavy (non-hydrogen) atoms. The van der Waals surface area contributed by atoms with Crippen molar-refractivity contribution in [3.05, 3.63) is 63.7 Å². The van der Waals surface area contributed by atoms with Crippen LogP contribution in [0, 0.1) is 13.8 Å². The maximum absolute atomic E-state index is 12.4. The van der Waals surface area contributed by atoms with Gasteiger partial charge in [0.25, 0.3) is 0 Å². The van der Waals surface area contributed by atoms with E-state index in [9.17, 15) is 4.79 Å². The van der Waals surface area contributed by atoms with Crippen LogP contribution in [0.25, 0.3) is 0 Å². The first-order chi connectivity index (χ1) is 9.04. The van der Waals surface area contributed by atoms with Crippen molar-refractivity contribution in [2.45, 2.75) is 13.8 Å². The topological polar surface area (TPSA) is 26.3 Å². The van der Waals surface area contributed by atoms with Crippen LogP contribution in [0.15, 0.2) is 36.4 Å². The molecule has 0 saturated heterocycles. The van der Waals surface area contributed by atoms with Gasteiger partial charge in [-0.05, 0) is 49.2 Å². The molecule has 0 unspecified atom stereocenters. The molecule has 0 heterocycles. The van der Waals surface area contributed by atoms with Crippen LogP contribution in [0.4, 0.5) is 0 Å². The van der Waals surface area contributed by atoms with Crippen LogP contribution in [-0.2, 0) is 0 Å². The Morgan fingerprint density at radius 1 is 1.11 bits per heavy atom. The Bertz CT molecular complexity index is 633. The Labute approximate surface area is 118 Å². The summed E-state index contributed by atoms with van der Waals surface area (Å²) in [5, 5.41) is 0.515. The summed E-state index contributed by atoms with van der Waals surface area (Å²) >= 11 is 6.19. The zero-order valence-electron chi connectivity index (χ0n) is 11.2. The van der Waals surface area contributed by atoms with E-state index in [2.05, 4.69) is 0 Å². The number of carbonyl (C=O) groups is 1. The summed E-state index contributed by atoms with van der Waals surface area (Å²) in [6.07, 6.45) is 0. The minimum atomic E-state index is -0.0700. The first kappa shape index (κ1) is 13.6. The highest BCUT2D eigenvalue weighted by atomic mass is 35.5. The molecule has 0 aliphatic carbocycles. The van der Waals surface area contributed by atoms with Crippen molar-refractivity contribution < 1.29 is 9.53 Å². The van der Waals surface area contributed by atoms with Gasteiger partial charge in [-0.2, -0.15) is 0 Å². The number of ketones is 1. The summed E-state index contributed by atoms with van der Waals surface area (Å²) in [7, 11) is 1.61. The molecule has 2 aromatic carbocycles. The van der Waals surface area contributed by atoms with Gasteiger partial charge in [0, 0.05) is 11.1 Å². The molecule has 0 aliphatic heterocycles. The highest BCUT2D eigenvalue weighted by Crippen LogP contribution is 2.25. The van der Waals surface area contributed by atoms with Gasteiger partial charge in [0.05, 0.1) is 12.1 Å². The monoisotopic (exact) mass is 274 g/mol. The van der Waals surface area contributed by atoms with E-state index in [1.807, 2.05) is 32.0 Å². The lowest BCUT2D eigenvalue weighted by atomic mass is 10.00. The fourth-order valence-electron chi connectivity index (χ4n) is 2.00. The third kappa shape index (κ3) is 2.64. The largest absolute Gasteiger partial charge is 0.496 e. The van der Waals surface area contributed by atoms with Crippen molar-refractivity contribution in [3.8, 4) is 5.75 Å². The van der Waals surface area contributed by atoms with E-state index in [0.29, 0.717) is 16.1 Å². The van der Waals surface area contributed by atoms with E-state index in [1.165, 1.54) is 0 Å². The quantitative estimate of drug-likeness (QED) is 0.784. The van der Waals surface area contributed by atoms with Crippen LogP contribution in [0.3, 0.4) is 0 Å². The van der Waals surface area contributed by atoms with Crippen molar-refractivity contribution in [2.24, 2.45) is 0 Å². The fraction of sp³-hybridized carbons (Fsp3) is 0.188. The van der Waals surface area contributed by atoms with Gasteiger partial charge in [-0.15, -0.1) is 0 Å². The van der Waals surface area contributed by atoms with Gasteiger partial charge in [-0.25, -0.2) is 0 Å². The van der Waals surface area contributed by atoms with E-state index in [-0.39, 0.29) is 5.78 Å². The maximum Gasteiger partial charge on any atom is 0.194 e. The molecule has 2 rings (SSSR count). The standard InChI is InChI=1S/C16H15ClO2/c1-10-5-4-6-13(15(10)17)16(18)12-7-8-14(19-3)11(2)9-12/h4-9H,1-3H3. The second-order valence-electron chi connectivity index (χ2n) is 4.45. The smallest absolute Gasteiger partial charge is 0.194 e. The summed E-state index contributed by atoms with van der Waals surface area (Å²) in [6, 6.07) is 10.8. The highest BCUT2D eigenvalue weighted by molar-refractivity contribution is 6.35. The third-order valence-corrected chi connectivity index (χ3v) is 3.60. The number of methoxy groups -OCH3 is 1. The molecule has 2 nitrogen and oxygen atoms in total. The third-order valence-electron chi connectivity index (χ3n) is 3.09. The molecule has 0 saturated carbocycles. The van der Waals surface area contributed by atoms with Crippen molar-refractivity contribution in [2.75, 3.05) is 7.11 Å². The Morgan fingerprint density at radius 2 is 1.84 bits per heavy atom. The molecular weight excluding hydrogens is 260 g/mol. The van der Waals surface area contributed by atoms with Gasteiger partial charge >= 0.3 is 0 Å². The Hall–Kier alpha value is -1.80. The average Bonchev–Trinajstić information content (AvgIpc) is 2.41. The molecule has 98 valence electrons. The molecular formula is C16H15ClO2. The molecule has 0 atom stereocenters. The predicted molar refractivity (Wildman–Crippen MR) is 77.4 cm³/mol. The van der Waals surface area contributed by atoms with E-state index in [0.717, 1.165) is 16.9 Å². The van der Waals surface area contributed by atoms with Gasteiger partial charge in [-0.1, -0.05) is 23.7 Å². The van der Waals surface area contributed by atoms with E-state index >= 15 is 0 Å². The van der Waals surface area contributed by atoms with E-state index < -0.39 is 0 Å². The van der Waals surface area contributed by atoms with E-state index in [1.54, 1.807) is 25.3 Å². The Morgan fingerprint density at radius 3 is 2.47 bits per heavy atom. The molecule has 0 aliphatic rings. The number of halogens is 1. The number of ether oxygens (including phenoxy) is 1. The predicted octanol–water partition coefficient (Wildman–Crippen LogP) is 4.20. The molecule has 0 radical (unpaired) electrons. The average molecular weight is 275 g/mol. The normalized spacial score (nSPS) is 10.3. The van der Waals surface area contributed by atoms with E-state index in [4.69, 9.17) is 16.3 Å². The second kappa shape index (κ2) is 5.45. The van der Waals surface area contributed by atoms with Crippen LogP contribution in [0.5, 0.6) is 5.75 Å². The van der Waals surface area contributed by atoms with Crippen LogP contribution >= 0.6 is 11.6 Å². The molecule has 0 fully saturated rings. The first-order valence-electron chi connectivity index (χ1n) is 5.99. The van der Waals surface area contributed by atoms with Crippen LogP contribution in [0.1, 0.15) is 27.0 Å². The van der Waals surface area contributed by atoms with Crippen molar-refractivity contribution in [3.63, 3.8) is 0 Å². The number of hydrogen-bond donors (Lipinski definition) is 0. The number of carbonyl (C=O) groups excluding carboxylic acids is 1. The number of aryl methyl sites for hydroxylation is 2. The molecule has 0 amide bonds. The van der Waals surface area contributed by atoms with Gasteiger partial charge in [0.2, 0.25) is 0 Å². The van der Waals surface area contributed by atoms with Gasteiger partial charge < -0.3 is 4.74 Å². The van der Waals surface area contributed by atoms with Crippen molar-refractivity contribution >= 4 is 17.4 Å². The molecule has 3 heteroatoms. The lowest BCUT2D eigenvalue weighted by Gasteiger charge is -2.09.